The number of nitrogens with one attached hydrogen (secondary N) is 1. The van der Waals surface area contributed by atoms with Crippen LogP contribution in [-0.2, 0) is 26.4 Å². The van der Waals surface area contributed by atoms with E-state index in [0.717, 1.165) is 25.7 Å². The van der Waals surface area contributed by atoms with Crippen LogP contribution in [0.2, 0.25) is 10.0 Å². The number of nitrogens with zero attached hydrogens (tertiary/aromatic N) is 4. The first-order valence-electron chi connectivity index (χ1n) is 12.9. The lowest BCUT2D eigenvalue weighted by atomic mass is 9.83. The lowest BCUT2D eigenvalue weighted by molar-refractivity contribution is -0.139. The zero-order valence-electron chi connectivity index (χ0n) is 22.0. The smallest absolute Gasteiger partial charge is 0.271 e. The van der Waals surface area contributed by atoms with Gasteiger partial charge in [0.2, 0.25) is 0 Å². The van der Waals surface area contributed by atoms with Gasteiger partial charge in [-0.25, -0.2) is 4.68 Å². The molecule has 1 saturated heterocycles. The highest BCUT2D eigenvalue weighted by molar-refractivity contribution is 6.42. The van der Waals surface area contributed by atoms with Crippen molar-refractivity contribution in [3.63, 3.8) is 0 Å². The summed E-state index contributed by atoms with van der Waals surface area (Å²) in [5.41, 5.74) is -1.71. The first kappa shape index (κ1) is 27.6. The number of rotatable bonds is 8. The molecule has 1 saturated carbocycles. The molecule has 1 unspecified atom stereocenters. The Kier molecular flexibility index (Phi) is 7.74. The zero-order chi connectivity index (χ0) is 27.8. The van der Waals surface area contributed by atoms with Crippen LogP contribution >= 0.6 is 23.2 Å². The Morgan fingerprint density at radius 1 is 1.26 bits per heavy atom. The van der Waals surface area contributed by atoms with Crippen molar-refractivity contribution in [3.8, 4) is 11.5 Å². The maximum absolute atomic E-state index is 13.8. The monoisotopic (exact) mass is 575 g/mol. The number of hydrogen-bond donors (Lipinski definition) is 1. The average molecular weight is 576 g/mol. The van der Waals surface area contributed by atoms with Gasteiger partial charge < -0.3 is 19.5 Å². The number of amides is 1. The van der Waals surface area contributed by atoms with Crippen molar-refractivity contribution < 1.29 is 19.0 Å². The predicted molar refractivity (Wildman–Crippen MR) is 146 cm³/mol. The molecule has 10 nitrogen and oxygen atoms in total. The van der Waals surface area contributed by atoms with Gasteiger partial charge in [0.15, 0.2) is 17.4 Å². The third-order valence-electron chi connectivity index (χ3n) is 7.31. The molecule has 1 aliphatic carbocycles. The van der Waals surface area contributed by atoms with Gasteiger partial charge >= 0.3 is 0 Å². The molecule has 1 aromatic carbocycles. The second-order valence-electron chi connectivity index (χ2n) is 10.6. The summed E-state index contributed by atoms with van der Waals surface area (Å²) in [6.07, 6.45) is 6.59. The van der Waals surface area contributed by atoms with Crippen LogP contribution in [-0.4, -0.2) is 44.0 Å². The number of carbonyl (C=O) groups excluding carboxylic acids is 1. The molecule has 2 fully saturated rings. The van der Waals surface area contributed by atoms with Crippen molar-refractivity contribution in [1.82, 2.24) is 19.6 Å². The van der Waals surface area contributed by atoms with Crippen LogP contribution in [0.1, 0.15) is 46.5 Å². The highest BCUT2D eigenvalue weighted by Gasteiger charge is 2.46. The summed E-state index contributed by atoms with van der Waals surface area (Å²) in [4.78, 5) is 27.1. The molecule has 0 spiro atoms. The van der Waals surface area contributed by atoms with E-state index in [9.17, 15) is 9.59 Å². The van der Waals surface area contributed by atoms with Gasteiger partial charge in [-0.3, -0.25) is 14.3 Å². The maximum Gasteiger partial charge on any atom is 0.271 e. The molecule has 0 radical (unpaired) electrons. The van der Waals surface area contributed by atoms with E-state index in [2.05, 4.69) is 15.5 Å². The van der Waals surface area contributed by atoms with Crippen LogP contribution in [0.15, 0.2) is 47.5 Å². The molecular formula is C27H31Cl2N5O5. The highest BCUT2D eigenvalue weighted by atomic mass is 35.5. The summed E-state index contributed by atoms with van der Waals surface area (Å²) in [5, 5.41) is 12.3. The molecule has 39 heavy (non-hydrogen) atoms. The van der Waals surface area contributed by atoms with Gasteiger partial charge in [-0.05, 0) is 51.7 Å². The largest absolute Gasteiger partial charge is 0.454 e. The number of anilines is 1. The number of carbonyl (C=O) groups is 1. The summed E-state index contributed by atoms with van der Waals surface area (Å²) in [6.45, 7) is 6.44. The number of aromatic nitrogens is 4. The van der Waals surface area contributed by atoms with Gasteiger partial charge in [-0.2, -0.15) is 10.2 Å². The summed E-state index contributed by atoms with van der Waals surface area (Å²) in [7, 11) is 0. The molecule has 1 amide bonds. The Bertz CT molecular complexity index is 1420. The second kappa shape index (κ2) is 10.9. The van der Waals surface area contributed by atoms with Crippen LogP contribution in [0.3, 0.4) is 0 Å². The van der Waals surface area contributed by atoms with Crippen LogP contribution in [0, 0.1) is 5.92 Å². The Labute approximate surface area is 236 Å². The van der Waals surface area contributed by atoms with E-state index in [4.69, 9.17) is 37.4 Å². The van der Waals surface area contributed by atoms with Crippen molar-refractivity contribution >= 4 is 34.9 Å². The molecule has 2 aromatic heterocycles. The predicted octanol–water partition coefficient (Wildman–Crippen LogP) is 5.23. The fourth-order valence-corrected chi connectivity index (χ4v) is 5.59. The normalized spacial score (nSPS) is 20.6. The standard InChI is InChI=1S/C27H31Cl2N5O5/c1-26(2)37-16-19(39-26)15-33-12-11-22(32-33)31-25(36)27(3,17-7-4-5-8-17)34-23(35)13-18(14-30-34)38-21-10-6-9-20(28)24(21)29/h6,9-14,17,19H,4-5,7-8,15-16H2,1-3H3,(H,31,32,36)/t19-,27?/m1/s1. The fraction of sp³-hybridized carbons (Fsp3) is 0.481. The molecule has 3 heterocycles. The number of hydrogen-bond acceptors (Lipinski definition) is 7. The topological polar surface area (TPSA) is 110 Å². The lowest BCUT2D eigenvalue weighted by Gasteiger charge is -2.34. The van der Waals surface area contributed by atoms with E-state index in [-0.39, 0.29) is 28.7 Å². The Balaban J connectivity index is 1.36. The zero-order valence-corrected chi connectivity index (χ0v) is 23.5. The van der Waals surface area contributed by atoms with Crippen molar-refractivity contribution in [1.29, 1.82) is 0 Å². The van der Waals surface area contributed by atoms with Gasteiger partial charge in [0.1, 0.15) is 22.4 Å². The Morgan fingerprint density at radius 2 is 2.03 bits per heavy atom. The molecular weight excluding hydrogens is 545 g/mol. The first-order valence-corrected chi connectivity index (χ1v) is 13.7. The molecule has 2 aliphatic rings. The van der Waals surface area contributed by atoms with Crippen molar-refractivity contribution in [2.24, 2.45) is 5.92 Å². The quantitative estimate of drug-likeness (QED) is 0.391. The Hall–Kier alpha value is -2.92. The van der Waals surface area contributed by atoms with Crippen molar-refractivity contribution in [3.05, 3.63) is 63.1 Å². The summed E-state index contributed by atoms with van der Waals surface area (Å²) in [6, 6.07) is 7.98. The molecule has 3 aromatic rings. The molecule has 1 N–H and O–H groups in total. The molecule has 2 atom stereocenters. The van der Waals surface area contributed by atoms with Gasteiger partial charge in [0, 0.05) is 18.3 Å². The van der Waals surface area contributed by atoms with E-state index in [1.165, 1.54) is 16.9 Å². The van der Waals surface area contributed by atoms with E-state index < -0.39 is 16.9 Å². The van der Waals surface area contributed by atoms with Crippen LogP contribution < -0.4 is 15.6 Å². The van der Waals surface area contributed by atoms with E-state index in [0.29, 0.717) is 29.7 Å². The molecule has 208 valence electrons. The minimum Gasteiger partial charge on any atom is -0.454 e. The maximum atomic E-state index is 13.8. The van der Waals surface area contributed by atoms with Gasteiger partial charge in [0.05, 0.1) is 24.4 Å². The van der Waals surface area contributed by atoms with Crippen LogP contribution in [0.5, 0.6) is 11.5 Å². The highest BCUT2D eigenvalue weighted by Crippen LogP contribution is 2.39. The first-order chi connectivity index (χ1) is 18.5. The number of benzene rings is 1. The number of ether oxygens (including phenoxy) is 3. The Morgan fingerprint density at radius 3 is 2.72 bits per heavy atom. The summed E-state index contributed by atoms with van der Waals surface area (Å²) >= 11 is 12.3. The average Bonchev–Trinajstić information content (AvgIpc) is 3.64. The summed E-state index contributed by atoms with van der Waals surface area (Å²) < 4.78 is 20.2. The van der Waals surface area contributed by atoms with E-state index >= 15 is 0 Å². The molecule has 5 rings (SSSR count). The van der Waals surface area contributed by atoms with Gasteiger partial charge in [0.25, 0.3) is 11.5 Å². The third kappa shape index (κ3) is 5.84. The molecule has 12 heteroatoms. The lowest BCUT2D eigenvalue weighted by Crippen LogP contribution is -2.53. The minimum atomic E-state index is -1.24. The van der Waals surface area contributed by atoms with Crippen LogP contribution in [0.4, 0.5) is 5.82 Å². The van der Waals surface area contributed by atoms with Crippen molar-refractivity contribution in [2.45, 2.75) is 70.4 Å². The second-order valence-corrected chi connectivity index (χ2v) is 11.3. The van der Waals surface area contributed by atoms with E-state index in [1.54, 1.807) is 42.1 Å². The van der Waals surface area contributed by atoms with Gasteiger partial charge in [-0.1, -0.05) is 42.1 Å². The van der Waals surface area contributed by atoms with Crippen LogP contribution in [0.25, 0.3) is 0 Å². The molecule has 1 aliphatic heterocycles. The third-order valence-corrected chi connectivity index (χ3v) is 8.11. The number of halogens is 2. The minimum absolute atomic E-state index is 0.0785. The fourth-order valence-electron chi connectivity index (χ4n) is 5.26. The van der Waals surface area contributed by atoms with E-state index in [1.807, 2.05) is 13.8 Å². The van der Waals surface area contributed by atoms with Gasteiger partial charge in [-0.15, -0.1) is 0 Å². The summed E-state index contributed by atoms with van der Waals surface area (Å²) in [5.74, 6) is -0.194. The molecule has 0 bridgehead atoms. The SMILES string of the molecule is CC1(C)OC[C@@H](Cn2ccc(NC(=O)C(C)(C3CCCC3)n3ncc(Oc4cccc(Cl)c4Cl)cc3=O)n2)O1. The van der Waals surface area contributed by atoms with Crippen molar-refractivity contribution in [2.75, 3.05) is 11.9 Å².